The van der Waals surface area contributed by atoms with Gasteiger partial charge in [-0.25, -0.2) is 28.4 Å². The molecule has 0 radical (unpaired) electrons. The van der Waals surface area contributed by atoms with Crippen LogP contribution in [0.5, 0.6) is 0 Å². The molecular weight excluding hydrogens is 962 g/mol. The van der Waals surface area contributed by atoms with Crippen LogP contribution in [-0.4, -0.2) is 42.3 Å². The topological polar surface area (TPSA) is 113 Å². The van der Waals surface area contributed by atoms with Crippen LogP contribution in [0, 0.1) is 19.4 Å². The summed E-state index contributed by atoms with van der Waals surface area (Å²) in [6.45, 7) is -2.21. The Balaban J connectivity index is 0.000000278. The standard InChI is InChI=1S/C36H27N8.C12H8NO2S.Pt/c1-41-23-43(35-33(41)37-16-18-39-35)28-20-27(21-29(22-28)44-24-42(2)34-36(44)40-19-17-38-34)32-30(25-10-5-3-6-11-25)14-9-15-31(32)26-12-7-4-8-13-26;14-16(15)11-7-3-1-5-9(11)13-10-6-2-4-8-12(10)16;/h3-21,23-24H,1-2H3;1-8H;/q-3;-1;+4/i1D3,2D3;;. The predicted molar refractivity (Wildman–Crippen MR) is 236 cm³/mol. The summed E-state index contributed by atoms with van der Waals surface area (Å²) >= 11 is 0. The number of hydrogen-bond donors (Lipinski definition) is 0. The van der Waals surface area contributed by atoms with Crippen LogP contribution in [0.15, 0.2) is 174 Å². The minimum atomic E-state index is -3.40. The van der Waals surface area contributed by atoms with E-state index in [1.807, 2.05) is 78.9 Å². The van der Waals surface area contributed by atoms with Crippen molar-refractivity contribution >= 4 is 55.9 Å². The monoisotopic (exact) mass is 1000 g/mol. The molecule has 0 aliphatic carbocycles. The zero-order valence-electron chi connectivity index (χ0n) is 37.8. The first-order valence-electron chi connectivity index (χ1n) is 21.7. The number of hydrogen-bond acceptors (Lipinski definition) is 10. The van der Waals surface area contributed by atoms with Crippen LogP contribution in [0.3, 0.4) is 0 Å². The number of para-hydroxylation sites is 2. The van der Waals surface area contributed by atoms with Crippen LogP contribution in [0.25, 0.3) is 38.7 Å². The second-order valence-electron chi connectivity index (χ2n) is 13.8. The number of rotatable bonds is 5. The van der Waals surface area contributed by atoms with Crippen LogP contribution >= 0.6 is 0 Å². The summed E-state index contributed by atoms with van der Waals surface area (Å²) in [5.74, 6) is 0.940. The van der Waals surface area contributed by atoms with Gasteiger partial charge in [0.15, 0.2) is 0 Å². The normalized spacial score (nSPS) is 15.9. The van der Waals surface area contributed by atoms with Gasteiger partial charge in [-0.15, -0.1) is 59.8 Å². The fourth-order valence-electron chi connectivity index (χ4n) is 7.45. The summed E-state index contributed by atoms with van der Waals surface area (Å²) in [5, 5.41) is 4.33. The minimum absolute atomic E-state index is 0. The Bertz CT molecular complexity index is 3040. The van der Waals surface area contributed by atoms with E-state index in [-0.39, 0.29) is 42.5 Å². The van der Waals surface area contributed by atoms with Crippen molar-refractivity contribution in [3.8, 4) is 33.4 Å². The molecule has 11 nitrogen and oxygen atoms in total. The summed E-state index contributed by atoms with van der Waals surface area (Å²) in [6.07, 6.45) is 5.89. The Morgan fingerprint density at radius 3 is 1.43 bits per heavy atom. The van der Waals surface area contributed by atoms with Gasteiger partial charge in [0.25, 0.3) is 0 Å². The van der Waals surface area contributed by atoms with Gasteiger partial charge in [-0.3, -0.25) is 0 Å². The number of aromatic nitrogens is 4. The van der Waals surface area contributed by atoms with Crippen molar-refractivity contribution in [3.05, 3.63) is 189 Å². The summed E-state index contributed by atoms with van der Waals surface area (Å²) in [6, 6.07) is 47.1. The van der Waals surface area contributed by atoms with Crippen molar-refractivity contribution < 1.29 is 37.7 Å². The van der Waals surface area contributed by atoms with E-state index in [4.69, 9.17) is 8.22 Å². The van der Waals surface area contributed by atoms with Crippen LogP contribution < -0.4 is 19.6 Å². The van der Waals surface area contributed by atoms with Crippen molar-refractivity contribution in [1.29, 1.82) is 0 Å². The van der Waals surface area contributed by atoms with Crippen LogP contribution in [0.2, 0.25) is 0 Å². The Morgan fingerprint density at radius 2 is 0.967 bits per heavy atom. The van der Waals surface area contributed by atoms with Gasteiger partial charge in [0.2, 0.25) is 9.84 Å². The van der Waals surface area contributed by atoms with Gasteiger partial charge in [-0.05, 0) is 53.9 Å². The minimum Gasteiger partial charge on any atom is -0.656 e. The molecule has 0 bridgehead atoms. The molecule has 0 unspecified atom stereocenters. The average molecular weight is 1000 g/mol. The first-order chi connectivity index (χ1) is 31.8. The average Bonchev–Trinajstić information content (AvgIpc) is 3.93. The second kappa shape index (κ2) is 16.3. The molecule has 11 rings (SSSR count). The Hall–Kier alpha value is -6.88. The van der Waals surface area contributed by atoms with E-state index in [0.29, 0.717) is 34.4 Å². The van der Waals surface area contributed by atoms with E-state index < -0.39 is 23.8 Å². The van der Waals surface area contributed by atoms with Crippen LogP contribution in [0.1, 0.15) is 8.22 Å². The molecule has 13 heteroatoms. The van der Waals surface area contributed by atoms with Crippen molar-refractivity contribution in [2.24, 2.45) is 0 Å². The Kier molecular flexibility index (Phi) is 8.79. The van der Waals surface area contributed by atoms with Gasteiger partial charge in [0, 0.05) is 33.0 Å². The largest absolute Gasteiger partial charge is 4.00 e. The molecule has 0 spiro atoms. The summed E-state index contributed by atoms with van der Waals surface area (Å²) in [4.78, 5) is 23.8. The summed E-state index contributed by atoms with van der Waals surface area (Å²) < 4.78 is 73.7. The third kappa shape index (κ3) is 7.17. The molecule has 0 saturated carbocycles. The van der Waals surface area contributed by atoms with E-state index in [1.54, 1.807) is 58.3 Å². The van der Waals surface area contributed by atoms with Crippen molar-refractivity contribution in [2.45, 2.75) is 9.79 Å². The predicted octanol–water partition coefficient (Wildman–Crippen LogP) is 10.6. The fourth-order valence-corrected chi connectivity index (χ4v) is 8.98. The SMILES string of the molecule is O=S1(=O)c2ccccc2[N-]c2ccccc21.[2H]C([2H])([2H])N1[CH-]N(c2[c-]c(N3[CH-]N(C([2H])([2H])[2H])c4nccnc43)cc(-c3c(-c4ccccc4)cccc3-c3ccccc3)c2)c2nccnc21.[Pt+4]. The number of nitrogens with zero attached hydrogens (tertiary/aromatic N) is 9. The van der Waals surface area contributed by atoms with Crippen LogP contribution in [-0.2, 0) is 30.9 Å². The number of anilines is 6. The van der Waals surface area contributed by atoms with E-state index in [0.717, 1.165) is 43.2 Å². The molecule has 300 valence electrons. The molecule has 5 heterocycles. The third-order valence-corrected chi connectivity index (χ3v) is 12.0. The summed E-state index contributed by atoms with van der Waals surface area (Å²) in [5.41, 5.74) is 7.47. The first kappa shape index (κ1) is 32.9. The molecule has 2 aromatic heterocycles. The van der Waals surface area contributed by atoms with E-state index >= 15 is 0 Å². The van der Waals surface area contributed by atoms with Gasteiger partial charge < -0.3 is 24.9 Å². The van der Waals surface area contributed by atoms with Crippen LogP contribution in [0.4, 0.5) is 46.0 Å². The molecule has 0 fully saturated rings. The molecule has 0 atom stereocenters. The molecule has 6 aromatic carbocycles. The summed E-state index contributed by atoms with van der Waals surface area (Å²) in [7, 11) is -3.40. The smallest absolute Gasteiger partial charge is 0.656 e. The third-order valence-electron chi connectivity index (χ3n) is 10.1. The Labute approximate surface area is 377 Å². The molecule has 3 aliphatic heterocycles. The molecule has 0 amide bonds. The van der Waals surface area contributed by atoms with Gasteiger partial charge in [-0.2, -0.15) is 0 Å². The number of benzene rings is 6. The molecule has 0 saturated heterocycles. The van der Waals surface area contributed by atoms with Gasteiger partial charge >= 0.3 is 21.1 Å². The maximum Gasteiger partial charge on any atom is 4.00 e. The molecule has 3 aliphatic rings. The van der Waals surface area contributed by atoms with E-state index in [1.165, 1.54) is 38.1 Å². The first-order valence-corrected chi connectivity index (χ1v) is 20.2. The maximum absolute atomic E-state index is 12.2. The van der Waals surface area contributed by atoms with Crippen molar-refractivity contribution in [2.75, 3.05) is 33.6 Å². The zero-order valence-corrected chi connectivity index (χ0v) is 34.9. The van der Waals surface area contributed by atoms with Crippen molar-refractivity contribution in [3.63, 3.8) is 0 Å². The number of fused-ring (bicyclic) bond motifs is 4. The maximum atomic E-state index is 12.2. The van der Waals surface area contributed by atoms with E-state index in [2.05, 4.69) is 43.5 Å². The number of sulfone groups is 1. The molecular formula is C48H35N9O2PtS. The molecule has 8 aromatic rings. The fraction of sp³-hybridized carbons (Fsp3) is 0.0417. The molecule has 0 N–H and O–H groups in total. The van der Waals surface area contributed by atoms with E-state index in [9.17, 15) is 8.42 Å². The quantitative estimate of drug-likeness (QED) is 0.155. The van der Waals surface area contributed by atoms with Gasteiger partial charge in [-0.1, -0.05) is 115 Å². The molecule has 61 heavy (non-hydrogen) atoms. The second-order valence-corrected chi connectivity index (χ2v) is 15.7. The van der Waals surface area contributed by atoms with Gasteiger partial charge in [0.1, 0.15) is 23.3 Å². The Morgan fingerprint density at radius 1 is 0.541 bits per heavy atom. The van der Waals surface area contributed by atoms with Crippen molar-refractivity contribution in [1.82, 2.24) is 19.9 Å². The van der Waals surface area contributed by atoms with Gasteiger partial charge in [0.05, 0.1) is 9.79 Å². The zero-order chi connectivity index (χ0) is 45.8.